The maximum absolute atomic E-state index is 5.42. The third kappa shape index (κ3) is 7.39. The van der Waals surface area contributed by atoms with Gasteiger partial charge in [0.05, 0.1) is 0 Å². The van der Waals surface area contributed by atoms with Gasteiger partial charge in [-0.15, -0.1) is 0 Å². The second kappa shape index (κ2) is 6.22. The average Bonchev–Trinajstić information content (AvgIpc) is 1.87. The van der Waals surface area contributed by atoms with Gasteiger partial charge in [-0.25, -0.2) is 0 Å². The number of rotatable bonds is 3. The summed E-state index contributed by atoms with van der Waals surface area (Å²) >= 11 is 2.22. The van der Waals surface area contributed by atoms with Crippen molar-refractivity contribution in [3.05, 3.63) is 46.2 Å². The first-order valence-corrected chi connectivity index (χ1v) is 4.33. The zero-order valence-corrected chi connectivity index (χ0v) is 8.71. The van der Waals surface area contributed by atoms with Gasteiger partial charge in [0, 0.05) is 9.28 Å². The molecule has 0 amide bonds. The van der Waals surface area contributed by atoms with E-state index >= 15 is 0 Å². The third-order valence-electron chi connectivity index (χ3n) is 0.892. The lowest BCUT2D eigenvalue weighted by Crippen LogP contribution is -1.87. The minimum atomic E-state index is 0.809. The third-order valence-corrected chi connectivity index (χ3v) is 1.61. The quantitative estimate of drug-likeness (QED) is 0.613. The number of hydrogen-bond donors (Lipinski definition) is 1. The second-order valence-electron chi connectivity index (χ2n) is 2.06. The van der Waals surface area contributed by atoms with Crippen LogP contribution in [-0.2, 0) is 0 Å². The highest BCUT2D eigenvalue weighted by molar-refractivity contribution is 14.1. The van der Waals surface area contributed by atoms with E-state index in [-0.39, 0.29) is 0 Å². The fraction of sp³-hybridized carbons (Fsp3) is 0.111. The maximum atomic E-state index is 5.42. The predicted octanol–water partition coefficient (Wildman–Crippen LogP) is 2.91. The zero-order valence-electron chi connectivity index (χ0n) is 6.55. The van der Waals surface area contributed by atoms with Crippen LogP contribution in [0.5, 0.6) is 0 Å². The minimum absolute atomic E-state index is 0.809. The average molecular weight is 261 g/mol. The van der Waals surface area contributed by atoms with Crippen LogP contribution in [-0.4, -0.2) is 0 Å². The van der Waals surface area contributed by atoms with E-state index in [2.05, 4.69) is 29.2 Å². The molecule has 0 aromatic carbocycles. The van der Waals surface area contributed by atoms with E-state index in [0.717, 1.165) is 9.28 Å². The van der Waals surface area contributed by atoms with Crippen LogP contribution >= 0.6 is 22.6 Å². The Labute approximate surface area is 81.5 Å². The normalized spacial score (nSPS) is 14.0. The summed E-state index contributed by atoms with van der Waals surface area (Å²) in [6, 6.07) is 0. The molecule has 0 bridgehead atoms. The first-order valence-electron chi connectivity index (χ1n) is 3.25. The van der Waals surface area contributed by atoms with Crippen LogP contribution in [0.1, 0.15) is 6.92 Å². The summed E-state index contributed by atoms with van der Waals surface area (Å²) in [5, 5.41) is 0. The number of nitrogens with two attached hydrogens (primary N) is 1. The Hall–Kier alpha value is -0.510. The van der Waals surface area contributed by atoms with Gasteiger partial charge in [0.25, 0.3) is 0 Å². The molecule has 0 unspecified atom stereocenters. The van der Waals surface area contributed by atoms with E-state index in [1.807, 2.05) is 31.2 Å². The molecule has 2 heteroatoms. The Morgan fingerprint density at radius 2 is 2.09 bits per heavy atom. The molecule has 0 aliphatic carbocycles. The molecule has 60 valence electrons. The fourth-order valence-electron chi connectivity index (χ4n) is 0.460. The molecule has 0 aliphatic heterocycles. The van der Waals surface area contributed by atoms with Gasteiger partial charge in [0.15, 0.2) is 0 Å². The Bertz CT molecular complexity index is 208. The molecule has 2 N–H and O–H groups in total. The van der Waals surface area contributed by atoms with E-state index in [1.54, 1.807) is 6.08 Å². The molecule has 0 fully saturated rings. The fourth-order valence-corrected chi connectivity index (χ4v) is 0.922. The minimum Gasteiger partial charge on any atom is -0.402 e. The topological polar surface area (TPSA) is 26.0 Å². The summed E-state index contributed by atoms with van der Waals surface area (Å²) in [7, 11) is 0. The Morgan fingerprint density at radius 1 is 1.45 bits per heavy atom. The number of allylic oxidation sites excluding steroid dienone is 7. The summed E-state index contributed by atoms with van der Waals surface area (Å²) in [6.07, 6.45) is 9.42. The Balaban J connectivity index is 4.03. The van der Waals surface area contributed by atoms with Crippen molar-refractivity contribution in [1.29, 1.82) is 0 Å². The van der Waals surface area contributed by atoms with Gasteiger partial charge in [-0.05, 0) is 47.7 Å². The van der Waals surface area contributed by atoms with Crippen LogP contribution in [0.2, 0.25) is 0 Å². The van der Waals surface area contributed by atoms with Crippen molar-refractivity contribution in [3.8, 4) is 0 Å². The van der Waals surface area contributed by atoms with Crippen LogP contribution in [0.25, 0.3) is 0 Å². The van der Waals surface area contributed by atoms with Gasteiger partial charge in [0.2, 0.25) is 0 Å². The maximum Gasteiger partial charge on any atom is 0.0130 e. The molecule has 0 atom stereocenters. The van der Waals surface area contributed by atoms with Gasteiger partial charge in [-0.3, -0.25) is 0 Å². The van der Waals surface area contributed by atoms with Crippen LogP contribution in [0.3, 0.4) is 0 Å². The van der Waals surface area contributed by atoms with Gasteiger partial charge < -0.3 is 5.73 Å². The van der Waals surface area contributed by atoms with Crippen molar-refractivity contribution in [2.75, 3.05) is 0 Å². The van der Waals surface area contributed by atoms with Crippen molar-refractivity contribution in [1.82, 2.24) is 0 Å². The lowest BCUT2D eigenvalue weighted by molar-refractivity contribution is 1.32. The van der Waals surface area contributed by atoms with Crippen LogP contribution < -0.4 is 5.73 Å². The molecule has 1 nitrogen and oxygen atoms in total. The molecule has 0 aromatic heterocycles. The Kier molecular flexibility index (Phi) is 5.93. The van der Waals surface area contributed by atoms with Gasteiger partial charge in [-0.2, -0.15) is 0 Å². The van der Waals surface area contributed by atoms with Crippen molar-refractivity contribution >= 4 is 22.6 Å². The lowest BCUT2D eigenvalue weighted by Gasteiger charge is -1.85. The summed E-state index contributed by atoms with van der Waals surface area (Å²) in [6.45, 7) is 5.44. The molecular weight excluding hydrogens is 249 g/mol. The van der Waals surface area contributed by atoms with Crippen LogP contribution in [0.15, 0.2) is 46.2 Å². The van der Waals surface area contributed by atoms with Crippen molar-refractivity contribution < 1.29 is 0 Å². The van der Waals surface area contributed by atoms with E-state index in [9.17, 15) is 0 Å². The van der Waals surface area contributed by atoms with Crippen molar-refractivity contribution in [2.45, 2.75) is 6.92 Å². The summed E-state index contributed by atoms with van der Waals surface area (Å²) in [4.78, 5) is 0. The first kappa shape index (κ1) is 10.5. The molecule has 0 saturated carbocycles. The molecule has 0 spiro atoms. The van der Waals surface area contributed by atoms with E-state index < -0.39 is 0 Å². The second-order valence-corrected chi connectivity index (χ2v) is 3.30. The van der Waals surface area contributed by atoms with E-state index in [4.69, 9.17) is 5.73 Å². The summed E-state index contributed by atoms with van der Waals surface area (Å²) in [5.41, 5.74) is 6.23. The van der Waals surface area contributed by atoms with Crippen LogP contribution in [0.4, 0.5) is 0 Å². The van der Waals surface area contributed by atoms with Gasteiger partial charge in [0.1, 0.15) is 0 Å². The molecule has 0 aliphatic rings. The highest BCUT2D eigenvalue weighted by Crippen LogP contribution is 2.07. The number of hydrogen-bond acceptors (Lipinski definition) is 1. The smallest absolute Gasteiger partial charge is 0.0130 e. The van der Waals surface area contributed by atoms with Crippen molar-refractivity contribution in [2.24, 2.45) is 5.73 Å². The molecule has 0 aromatic rings. The van der Waals surface area contributed by atoms with Crippen molar-refractivity contribution in [3.63, 3.8) is 0 Å². The molecule has 0 rings (SSSR count). The lowest BCUT2D eigenvalue weighted by atomic mass is 10.4. The zero-order chi connectivity index (χ0) is 8.69. The van der Waals surface area contributed by atoms with Crippen LogP contribution in [0, 0.1) is 0 Å². The van der Waals surface area contributed by atoms with E-state index in [1.165, 1.54) is 0 Å². The molecular formula is C9H12IN. The molecule has 0 saturated heterocycles. The molecule has 11 heavy (non-hydrogen) atoms. The predicted molar refractivity (Wildman–Crippen MR) is 59.4 cm³/mol. The summed E-state index contributed by atoms with van der Waals surface area (Å²) in [5.74, 6) is 0. The highest BCUT2D eigenvalue weighted by Gasteiger charge is 1.77. The largest absolute Gasteiger partial charge is 0.402 e. The van der Waals surface area contributed by atoms with Gasteiger partial charge >= 0.3 is 0 Å². The summed E-state index contributed by atoms with van der Waals surface area (Å²) < 4.78 is 1.13. The van der Waals surface area contributed by atoms with E-state index in [0.29, 0.717) is 0 Å². The standard InChI is InChI=1S/C9H12IN/c1-3-5-9(10)7-4-6-8(2)11/h3-7H,1,11H2,2H3/b7-4+,8-6-,9-5+. The Morgan fingerprint density at radius 3 is 2.55 bits per heavy atom. The monoisotopic (exact) mass is 261 g/mol. The SMILES string of the molecule is C=C\C=C(I)/C=C/C=C(/C)N. The molecule has 0 heterocycles. The molecule has 0 radical (unpaired) electrons. The number of halogens is 1. The first-order chi connectivity index (χ1) is 5.16. The highest BCUT2D eigenvalue weighted by atomic mass is 127. The van der Waals surface area contributed by atoms with Gasteiger partial charge in [-0.1, -0.05) is 18.7 Å².